The van der Waals surface area contributed by atoms with Gasteiger partial charge in [-0.2, -0.15) is 0 Å². The normalized spacial score (nSPS) is 12.7. The first-order chi connectivity index (χ1) is 6.58. The van der Waals surface area contributed by atoms with Crippen molar-refractivity contribution in [2.24, 2.45) is 0 Å². The molecule has 0 fully saturated rings. The number of hydrogen-bond donors (Lipinski definition) is 1. The van der Waals surface area contributed by atoms with Gasteiger partial charge in [-0.15, -0.1) is 22.0 Å². The number of nitrogens with zero attached hydrogens (tertiary/aromatic N) is 2. The summed E-state index contributed by atoms with van der Waals surface area (Å²) in [4.78, 5) is 10.4. The smallest absolute Gasteiger partial charge is 0.304 e. The van der Waals surface area contributed by atoms with Gasteiger partial charge in [-0.25, -0.2) is 0 Å². The van der Waals surface area contributed by atoms with Crippen molar-refractivity contribution in [3.05, 3.63) is 11.8 Å². The van der Waals surface area contributed by atoms with Crippen LogP contribution in [0.2, 0.25) is 0 Å². The Bertz CT molecular complexity index is 313. The number of aromatic nitrogens is 2. The lowest BCUT2D eigenvalue weighted by Gasteiger charge is -2.05. The highest BCUT2D eigenvalue weighted by Gasteiger charge is 2.10. The van der Waals surface area contributed by atoms with E-state index in [1.807, 2.05) is 6.92 Å². The lowest BCUT2D eigenvalue weighted by atomic mass is 10.3. The van der Waals surface area contributed by atoms with Crippen molar-refractivity contribution < 1.29 is 14.3 Å². The summed E-state index contributed by atoms with van der Waals surface area (Å²) < 4.78 is 5.15. The van der Waals surface area contributed by atoms with Crippen molar-refractivity contribution in [2.75, 3.05) is 0 Å². The highest BCUT2D eigenvalue weighted by molar-refractivity contribution is 7.99. The topological polar surface area (TPSA) is 76.2 Å². The second-order valence-electron chi connectivity index (χ2n) is 2.93. The Kier molecular flexibility index (Phi) is 3.94. The molecule has 1 atom stereocenters. The number of rotatable bonds is 5. The van der Waals surface area contributed by atoms with Crippen LogP contribution in [0.4, 0.5) is 0 Å². The van der Waals surface area contributed by atoms with Crippen molar-refractivity contribution >= 4 is 17.7 Å². The first kappa shape index (κ1) is 11.0. The molecule has 78 valence electrons. The molecule has 0 bridgehead atoms. The van der Waals surface area contributed by atoms with Crippen LogP contribution in [0, 0.1) is 6.92 Å². The van der Waals surface area contributed by atoms with Crippen molar-refractivity contribution in [3.8, 4) is 0 Å². The molecule has 0 aliphatic carbocycles. The minimum atomic E-state index is -0.785. The standard InChI is InChI=1S/C8H12N2O3S/c1-5(3-8(11)12)14-4-7-10-9-6(2)13-7/h5H,3-4H2,1-2H3,(H,11,12). The monoisotopic (exact) mass is 216 g/mol. The molecule has 14 heavy (non-hydrogen) atoms. The van der Waals surface area contributed by atoms with E-state index in [0.717, 1.165) is 0 Å². The van der Waals surface area contributed by atoms with Crippen LogP contribution < -0.4 is 0 Å². The highest BCUT2D eigenvalue weighted by Crippen LogP contribution is 2.18. The van der Waals surface area contributed by atoms with Gasteiger partial charge in [0.15, 0.2) is 0 Å². The molecule has 0 aromatic carbocycles. The fraction of sp³-hybridized carbons (Fsp3) is 0.625. The molecule has 0 saturated carbocycles. The number of aliphatic carboxylic acids is 1. The minimum absolute atomic E-state index is 0.0553. The number of carboxylic acids is 1. The molecule has 0 saturated heterocycles. The Labute approximate surface area is 85.9 Å². The van der Waals surface area contributed by atoms with Gasteiger partial charge in [0, 0.05) is 12.2 Å². The van der Waals surface area contributed by atoms with E-state index >= 15 is 0 Å². The average Bonchev–Trinajstić information content (AvgIpc) is 2.47. The van der Waals surface area contributed by atoms with Crippen LogP contribution in [0.5, 0.6) is 0 Å². The van der Waals surface area contributed by atoms with Crippen LogP contribution in [-0.4, -0.2) is 26.5 Å². The Morgan fingerprint density at radius 1 is 1.64 bits per heavy atom. The van der Waals surface area contributed by atoms with Crippen molar-refractivity contribution in [1.29, 1.82) is 0 Å². The third-order valence-electron chi connectivity index (χ3n) is 1.52. The number of thioether (sulfide) groups is 1. The van der Waals surface area contributed by atoms with Gasteiger partial charge in [0.2, 0.25) is 11.8 Å². The zero-order chi connectivity index (χ0) is 10.6. The molecular weight excluding hydrogens is 204 g/mol. The molecule has 1 heterocycles. The number of hydrogen-bond acceptors (Lipinski definition) is 5. The van der Waals surface area contributed by atoms with E-state index in [1.54, 1.807) is 6.92 Å². The fourth-order valence-corrected chi connectivity index (χ4v) is 1.72. The SMILES string of the molecule is Cc1nnc(CSC(C)CC(=O)O)o1. The van der Waals surface area contributed by atoms with Crippen molar-refractivity contribution in [2.45, 2.75) is 31.3 Å². The molecular formula is C8H12N2O3S. The van der Waals surface area contributed by atoms with Gasteiger partial charge in [-0.05, 0) is 0 Å². The Morgan fingerprint density at radius 2 is 2.36 bits per heavy atom. The summed E-state index contributed by atoms with van der Waals surface area (Å²) >= 11 is 1.49. The Morgan fingerprint density at radius 3 is 2.86 bits per heavy atom. The Balaban J connectivity index is 2.30. The number of carbonyl (C=O) groups is 1. The van der Waals surface area contributed by atoms with E-state index in [0.29, 0.717) is 17.5 Å². The van der Waals surface area contributed by atoms with Crippen LogP contribution in [0.15, 0.2) is 4.42 Å². The maximum Gasteiger partial charge on any atom is 0.304 e. The van der Waals surface area contributed by atoms with Crippen molar-refractivity contribution in [3.63, 3.8) is 0 Å². The molecule has 0 radical (unpaired) electrons. The fourth-order valence-electron chi connectivity index (χ4n) is 0.914. The van der Waals surface area contributed by atoms with Crippen LogP contribution in [-0.2, 0) is 10.5 Å². The van der Waals surface area contributed by atoms with E-state index in [-0.39, 0.29) is 11.7 Å². The van der Waals surface area contributed by atoms with E-state index < -0.39 is 5.97 Å². The van der Waals surface area contributed by atoms with E-state index in [9.17, 15) is 4.79 Å². The first-order valence-electron chi connectivity index (χ1n) is 4.20. The van der Waals surface area contributed by atoms with Gasteiger partial charge in [-0.1, -0.05) is 6.92 Å². The summed E-state index contributed by atoms with van der Waals surface area (Å²) in [5, 5.41) is 16.1. The van der Waals surface area contributed by atoms with E-state index in [2.05, 4.69) is 10.2 Å². The zero-order valence-corrected chi connectivity index (χ0v) is 8.87. The lowest BCUT2D eigenvalue weighted by molar-refractivity contribution is -0.136. The van der Waals surface area contributed by atoms with Gasteiger partial charge < -0.3 is 9.52 Å². The number of aryl methyl sites for hydroxylation is 1. The maximum atomic E-state index is 10.4. The molecule has 1 rings (SSSR count). The third-order valence-corrected chi connectivity index (χ3v) is 2.67. The van der Waals surface area contributed by atoms with E-state index in [4.69, 9.17) is 9.52 Å². The summed E-state index contributed by atoms with van der Waals surface area (Å²) in [6.45, 7) is 3.59. The molecule has 0 spiro atoms. The maximum absolute atomic E-state index is 10.4. The molecule has 1 unspecified atom stereocenters. The van der Waals surface area contributed by atoms with Crippen LogP contribution in [0.25, 0.3) is 0 Å². The second kappa shape index (κ2) is 4.99. The third kappa shape index (κ3) is 3.78. The molecule has 1 N–H and O–H groups in total. The minimum Gasteiger partial charge on any atom is -0.481 e. The first-order valence-corrected chi connectivity index (χ1v) is 5.25. The molecule has 6 heteroatoms. The lowest BCUT2D eigenvalue weighted by Crippen LogP contribution is -2.05. The summed E-state index contributed by atoms with van der Waals surface area (Å²) in [6.07, 6.45) is 0.151. The van der Waals surface area contributed by atoms with Gasteiger partial charge in [-0.3, -0.25) is 4.79 Å². The van der Waals surface area contributed by atoms with Gasteiger partial charge in [0.1, 0.15) is 0 Å². The molecule has 5 nitrogen and oxygen atoms in total. The summed E-state index contributed by atoms with van der Waals surface area (Å²) in [5.74, 6) is 0.859. The molecule has 1 aromatic rings. The summed E-state index contributed by atoms with van der Waals surface area (Å²) in [5.41, 5.74) is 0. The molecule has 0 aliphatic rings. The quantitative estimate of drug-likeness (QED) is 0.803. The molecule has 1 aromatic heterocycles. The largest absolute Gasteiger partial charge is 0.481 e. The predicted octanol–water partition coefficient (Wildman–Crippen LogP) is 1.47. The zero-order valence-electron chi connectivity index (χ0n) is 8.06. The number of carboxylic acid groups (broad SMARTS) is 1. The Hall–Kier alpha value is -1.04. The van der Waals surface area contributed by atoms with Gasteiger partial charge >= 0.3 is 5.97 Å². The highest BCUT2D eigenvalue weighted by atomic mass is 32.2. The summed E-state index contributed by atoms with van der Waals surface area (Å²) in [6, 6.07) is 0. The molecule has 0 aliphatic heterocycles. The van der Waals surface area contributed by atoms with Crippen LogP contribution in [0.3, 0.4) is 0 Å². The second-order valence-corrected chi connectivity index (χ2v) is 4.36. The average molecular weight is 216 g/mol. The van der Waals surface area contributed by atoms with Crippen molar-refractivity contribution in [1.82, 2.24) is 10.2 Å². The van der Waals surface area contributed by atoms with Crippen LogP contribution >= 0.6 is 11.8 Å². The van der Waals surface area contributed by atoms with E-state index in [1.165, 1.54) is 11.8 Å². The van der Waals surface area contributed by atoms with Gasteiger partial charge in [0.05, 0.1) is 12.2 Å². The van der Waals surface area contributed by atoms with Gasteiger partial charge in [0.25, 0.3) is 0 Å². The van der Waals surface area contributed by atoms with Crippen LogP contribution in [0.1, 0.15) is 25.1 Å². The predicted molar refractivity (Wildman–Crippen MR) is 52.0 cm³/mol. The molecule has 0 amide bonds. The summed E-state index contributed by atoms with van der Waals surface area (Å²) in [7, 11) is 0.